The van der Waals surface area contributed by atoms with Crippen molar-refractivity contribution < 1.29 is 9.47 Å². The van der Waals surface area contributed by atoms with E-state index in [1.165, 1.54) is 0 Å². The summed E-state index contributed by atoms with van der Waals surface area (Å²) in [5, 5.41) is 0. The molecule has 1 aliphatic rings. The lowest BCUT2D eigenvalue weighted by molar-refractivity contribution is -0.195. The van der Waals surface area contributed by atoms with E-state index in [-0.39, 0.29) is 5.41 Å². The standard InChI is InChI=1S/C9H18O2/c1-7-5-8(9(2,3)4)11-6-10-7/h7-8H,5-6H2,1-4H3/t7-,8-/m0/s1. The molecule has 0 aromatic rings. The van der Waals surface area contributed by atoms with Gasteiger partial charge in [-0.2, -0.15) is 0 Å². The predicted molar refractivity (Wildman–Crippen MR) is 44.4 cm³/mol. The smallest absolute Gasteiger partial charge is 0.147 e. The highest BCUT2D eigenvalue weighted by Crippen LogP contribution is 2.28. The van der Waals surface area contributed by atoms with Gasteiger partial charge in [0.15, 0.2) is 0 Å². The van der Waals surface area contributed by atoms with Crippen molar-refractivity contribution >= 4 is 0 Å². The molecular weight excluding hydrogens is 140 g/mol. The molecule has 0 spiro atoms. The minimum Gasteiger partial charge on any atom is -0.352 e. The van der Waals surface area contributed by atoms with Crippen LogP contribution in [0, 0.1) is 5.41 Å². The molecule has 1 rings (SSSR count). The molecule has 11 heavy (non-hydrogen) atoms. The van der Waals surface area contributed by atoms with Crippen LogP contribution in [0.2, 0.25) is 0 Å². The first-order valence-corrected chi connectivity index (χ1v) is 4.23. The summed E-state index contributed by atoms with van der Waals surface area (Å²) in [6.07, 6.45) is 1.72. The minimum atomic E-state index is 0.248. The summed E-state index contributed by atoms with van der Waals surface area (Å²) in [5.41, 5.74) is 0.248. The van der Waals surface area contributed by atoms with E-state index in [9.17, 15) is 0 Å². The highest BCUT2D eigenvalue weighted by atomic mass is 16.7. The molecule has 66 valence electrons. The molecule has 0 amide bonds. The van der Waals surface area contributed by atoms with Gasteiger partial charge in [-0.15, -0.1) is 0 Å². The molecule has 2 nitrogen and oxygen atoms in total. The van der Waals surface area contributed by atoms with Crippen LogP contribution in [0.4, 0.5) is 0 Å². The van der Waals surface area contributed by atoms with Crippen molar-refractivity contribution in [3.8, 4) is 0 Å². The molecule has 0 saturated carbocycles. The SMILES string of the molecule is C[C@H]1C[C@@H](C(C)(C)C)OCO1. The fourth-order valence-electron chi connectivity index (χ4n) is 1.28. The third-order valence-corrected chi connectivity index (χ3v) is 2.13. The summed E-state index contributed by atoms with van der Waals surface area (Å²) in [6, 6.07) is 0. The lowest BCUT2D eigenvalue weighted by atomic mass is 9.85. The first-order valence-electron chi connectivity index (χ1n) is 4.23. The van der Waals surface area contributed by atoms with E-state index in [0.717, 1.165) is 6.42 Å². The monoisotopic (exact) mass is 158 g/mol. The van der Waals surface area contributed by atoms with Crippen molar-refractivity contribution in [2.24, 2.45) is 5.41 Å². The molecule has 1 heterocycles. The molecule has 0 aliphatic carbocycles. The van der Waals surface area contributed by atoms with Gasteiger partial charge in [0.1, 0.15) is 6.79 Å². The Morgan fingerprint density at radius 1 is 1.18 bits per heavy atom. The van der Waals surface area contributed by atoms with Crippen molar-refractivity contribution in [2.45, 2.75) is 46.3 Å². The van der Waals surface area contributed by atoms with Gasteiger partial charge in [0.05, 0.1) is 12.2 Å². The predicted octanol–water partition coefficient (Wildman–Crippen LogP) is 2.18. The van der Waals surface area contributed by atoms with E-state index >= 15 is 0 Å². The maximum atomic E-state index is 5.49. The van der Waals surface area contributed by atoms with E-state index in [1.807, 2.05) is 0 Å². The molecule has 1 saturated heterocycles. The van der Waals surface area contributed by atoms with Crippen LogP contribution < -0.4 is 0 Å². The molecule has 0 bridgehead atoms. The summed E-state index contributed by atoms with van der Waals surface area (Å²) in [4.78, 5) is 0. The average Bonchev–Trinajstić information content (AvgIpc) is 1.86. The molecule has 1 aliphatic heterocycles. The molecule has 2 atom stereocenters. The van der Waals surface area contributed by atoms with Gasteiger partial charge < -0.3 is 9.47 Å². The molecule has 0 aromatic carbocycles. The zero-order valence-electron chi connectivity index (χ0n) is 7.89. The van der Waals surface area contributed by atoms with E-state index < -0.39 is 0 Å². The van der Waals surface area contributed by atoms with Crippen LogP contribution in [0.5, 0.6) is 0 Å². The van der Waals surface area contributed by atoms with Gasteiger partial charge in [0.25, 0.3) is 0 Å². The Hall–Kier alpha value is -0.0800. The van der Waals surface area contributed by atoms with Crippen LogP contribution in [0.25, 0.3) is 0 Å². The number of rotatable bonds is 0. The third-order valence-electron chi connectivity index (χ3n) is 2.13. The quantitative estimate of drug-likeness (QED) is 0.538. The van der Waals surface area contributed by atoms with Crippen LogP contribution in [0.1, 0.15) is 34.1 Å². The van der Waals surface area contributed by atoms with E-state index in [0.29, 0.717) is 19.0 Å². The van der Waals surface area contributed by atoms with Crippen LogP contribution in [-0.2, 0) is 9.47 Å². The number of hydrogen-bond acceptors (Lipinski definition) is 2. The normalized spacial score (nSPS) is 33.8. The first kappa shape index (κ1) is 9.01. The Balaban J connectivity index is 2.46. The first-order chi connectivity index (χ1) is 5.00. The maximum absolute atomic E-state index is 5.49. The summed E-state index contributed by atoms with van der Waals surface area (Å²) in [6.45, 7) is 9.17. The molecule has 0 unspecified atom stereocenters. The van der Waals surface area contributed by atoms with Gasteiger partial charge in [-0.05, 0) is 12.3 Å². The minimum absolute atomic E-state index is 0.248. The third kappa shape index (κ3) is 2.46. The Morgan fingerprint density at radius 3 is 2.18 bits per heavy atom. The van der Waals surface area contributed by atoms with Gasteiger partial charge in [0, 0.05) is 6.42 Å². The van der Waals surface area contributed by atoms with E-state index in [2.05, 4.69) is 27.7 Å². The van der Waals surface area contributed by atoms with Crippen molar-refractivity contribution in [3.63, 3.8) is 0 Å². The zero-order chi connectivity index (χ0) is 8.48. The van der Waals surface area contributed by atoms with Crippen LogP contribution in [0.15, 0.2) is 0 Å². The van der Waals surface area contributed by atoms with Gasteiger partial charge in [0.2, 0.25) is 0 Å². The second kappa shape index (κ2) is 3.11. The van der Waals surface area contributed by atoms with E-state index in [4.69, 9.17) is 9.47 Å². The Bertz CT molecular complexity index is 126. The van der Waals surface area contributed by atoms with Gasteiger partial charge in [-0.3, -0.25) is 0 Å². The Kier molecular flexibility index (Phi) is 2.55. The highest BCUT2D eigenvalue weighted by Gasteiger charge is 2.30. The van der Waals surface area contributed by atoms with Crippen LogP contribution >= 0.6 is 0 Å². The topological polar surface area (TPSA) is 18.5 Å². The van der Waals surface area contributed by atoms with Crippen LogP contribution in [0.3, 0.4) is 0 Å². The molecule has 0 N–H and O–H groups in total. The molecule has 1 fully saturated rings. The second-order valence-corrected chi connectivity index (χ2v) is 4.35. The molecular formula is C9H18O2. The van der Waals surface area contributed by atoms with Crippen molar-refractivity contribution in [3.05, 3.63) is 0 Å². The van der Waals surface area contributed by atoms with Crippen LogP contribution in [-0.4, -0.2) is 19.0 Å². The second-order valence-electron chi connectivity index (χ2n) is 4.35. The van der Waals surface area contributed by atoms with Gasteiger partial charge in [-0.1, -0.05) is 20.8 Å². The molecule has 0 radical (unpaired) electrons. The maximum Gasteiger partial charge on any atom is 0.147 e. The Labute approximate surface area is 68.9 Å². The lowest BCUT2D eigenvalue weighted by Crippen LogP contribution is -2.38. The fourth-order valence-corrected chi connectivity index (χ4v) is 1.28. The van der Waals surface area contributed by atoms with Gasteiger partial charge in [-0.25, -0.2) is 0 Å². The lowest BCUT2D eigenvalue weighted by Gasteiger charge is -2.36. The Morgan fingerprint density at radius 2 is 1.82 bits per heavy atom. The summed E-state index contributed by atoms with van der Waals surface area (Å²) >= 11 is 0. The largest absolute Gasteiger partial charge is 0.352 e. The van der Waals surface area contributed by atoms with Crippen molar-refractivity contribution in [2.75, 3.05) is 6.79 Å². The van der Waals surface area contributed by atoms with E-state index in [1.54, 1.807) is 0 Å². The zero-order valence-corrected chi connectivity index (χ0v) is 7.89. The fraction of sp³-hybridized carbons (Fsp3) is 1.00. The average molecular weight is 158 g/mol. The van der Waals surface area contributed by atoms with Crippen molar-refractivity contribution in [1.29, 1.82) is 0 Å². The summed E-state index contributed by atoms with van der Waals surface area (Å²) < 4.78 is 10.8. The van der Waals surface area contributed by atoms with Crippen molar-refractivity contribution in [1.82, 2.24) is 0 Å². The molecule has 2 heteroatoms. The number of hydrogen-bond donors (Lipinski definition) is 0. The van der Waals surface area contributed by atoms with Gasteiger partial charge >= 0.3 is 0 Å². The summed E-state index contributed by atoms with van der Waals surface area (Å²) in [7, 11) is 0. The number of ether oxygens (including phenoxy) is 2. The molecule has 0 aromatic heterocycles. The highest BCUT2D eigenvalue weighted by molar-refractivity contribution is 4.78. The summed E-state index contributed by atoms with van der Waals surface area (Å²) in [5.74, 6) is 0.